The normalized spacial score (nSPS) is 10.5. The van der Waals surface area contributed by atoms with Gasteiger partial charge in [-0.2, -0.15) is 9.97 Å². The number of rotatable bonds is 6. The average molecular weight is 807 g/mol. The minimum absolute atomic E-state index is 0.0703. The van der Waals surface area contributed by atoms with Crippen molar-refractivity contribution in [3.63, 3.8) is 0 Å². The van der Waals surface area contributed by atoms with Crippen LogP contribution in [0, 0.1) is 34.9 Å². The summed E-state index contributed by atoms with van der Waals surface area (Å²) in [5.74, 6) is -7.10. The van der Waals surface area contributed by atoms with Gasteiger partial charge in [-0.25, -0.2) is 46.3 Å². The lowest BCUT2D eigenvalue weighted by Gasteiger charge is -2.09. The molecule has 2 aromatic heterocycles. The van der Waals surface area contributed by atoms with Crippen LogP contribution in [0.5, 0.6) is 0 Å². The van der Waals surface area contributed by atoms with Gasteiger partial charge in [-0.3, -0.25) is 0 Å². The van der Waals surface area contributed by atoms with E-state index in [1.807, 2.05) is 97.1 Å². The first-order valence-electron chi connectivity index (χ1n) is 17.0. The lowest BCUT2D eigenvalue weighted by molar-refractivity contribution is 0.414. The maximum absolute atomic E-state index is 14.3. The van der Waals surface area contributed by atoms with Gasteiger partial charge in [-0.15, -0.1) is 0 Å². The molecule has 288 valence electrons. The van der Waals surface area contributed by atoms with Crippen molar-refractivity contribution >= 4 is 24.2 Å². The maximum atomic E-state index is 14.3. The van der Waals surface area contributed by atoms with Crippen LogP contribution in [0.3, 0.4) is 0 Å². The molecule has 0 saturated heterocycles. The molecule has 0 radical (unpaired) electrons. The van der Waals surface area contributed by atoms with Crippen LogP contribution in [0.2, 0.25) is 5.28 Å². The lowest BCUT2D eigenvalue weighted by Crippen LogP contribution is -2.33. The van der Waals surface area contributed by atoms with Crippen molar-refractivity contribution in [1.29, 1.82) is 0 Å². The standard InChI is InChI=1S/C21H12F3N3.C15H10ClN3.C6H4BF3O2/c22-16-12-11-15(17(23)18(16)24)21-26-19(13-7-3-1-4-8-13)25-20(27-21)14-9-5-2-6-10-14;16-15-18-13(11-7-3-1-4-8-11)17-14(19-15)12-9-5-2-6-10-12;8-4-2-1-3(7(11)12)5(9)6(4)10/h1-12H;1-10H;1-2,11-12H. The summed E-state index contributed by atoms with van der Waals surface area (Å²) in [4.78, 5) is 25.8. The van der Waals surface area contributed by atoms with Crippen LogP contribution < -0.4 is 5.46 Å². The summed E-state index contributed by atoms with van der Waals surface area (Å²) >= 11 is 5.99. The molecule has 0 amide bonds. The van der Waals surface area contributed by atoms with Crippen molar-refractivity contribution in [3.05, 3.63) is 186 Å². The van der Waals surface area contributed by atoms with Crippen LogP contribution >= 0.6 is 11.6 Å². The monoisotopic (exact) mass is 806 g/mol. The van der Waals surface area contributed by atoms with Crippen molar-refractivity contribution < 1.29 is 36.4 Å². The number of hydrogen-bond acceptors (Lipinski definition) is 8. The second-order valence-corrected chi connectivity index (χ2v) is 12.2. The SMILES string of the molecule is Clc1nc(-c2ccccc2)nc(-c2ccccc2)n1.Fc1ccc(-c2nc(-c3ccccc3)nc(-c3ccccc3)n2)c(F)c1F.OB(O)c1ccc(F)c(F)c1F. The van der Waals surface area contributed by atoms with Gasteiger partial charge in [0, 0.05) is 27.7 Å². The molecule has 0 spiro atoms. The molecule has 8 nitrogen and oxygen atoms in total. The predicted octanol–water partition coefficient (Wildman–Crippen LogP) is 8.93. The third kappa shape index (κ3) is 9.94. The smallest absolute Gasteiger partial charge is 0.423 e. The molecule has 8 rings (SSSR count). The predicted molar refractivity (Wildman–Crippen MR) is 208 cm³/mol. The Balaban J connectivity index is 0.000000159. The quantitative estimate of drug-likeness (QED) is 0.0973. The van der Waals surface area contributed by atoms with Gasteiger partial charge in [-0.1, -0.05) is 127 Å². The third-order valence-electron chi connectivity index (χ3n) is 7.99. The Morgan fingerprint density at radius 3 is 1.07 bits per heavy atom. The Hall–Kier alpha value is -6.81. The van der Waals surface area contributed by atoms with Crippen LogP contribution in [-0.2, 0) is 0 Å². The molecular weight excluding hydrogens is 781 g/mol. The summed E-state index contributed by atoms with van der Waals surface area (Å²) in [6.45, 7) is 0. The van der Waals surface area contributed by atoms with E-state index in [9.17, 15) is 26.3 Å². The molecule has 6 aromatic carbocycles. The molecule has 0 aliphatic heterocycles. The second kappa shape index (κ2) is 18.9. The molecule has 58 heavy (non-hydrogen) atoms. The van der Waals surface area contributed by atoms with E-state index >= 15 is 0 Å². The molecule has 0 aliphatic rings. The third-order valence-corrected chi connectivity index (χ3v) is 8.16. The molecule has 2 heterocycles. The van der Waals surface area contributed by atoms with Gasteiger partial charge in [0.2, 0.25) is 5.28 Å². The molecule has 0 fully saturated rings. The highest BCUT2D eigenvalue weighted by Gasteiger charge is 2.22. The Labute approximate surface area is 332 Å². The first-order valence-corrected chi connectivity index (χ1v) is 17.4. The topological polar surface area (TPSA) is 118 Å². The highest BCUT2D eigenvalue weighted by atomic mass is 35.5. The van der Waals surface area contributed by atoms with Crippen molar-refractivity contribution in [2.75, 3.05) is 0 Å². The van der Waals surface area contributed by atoms with E-state index in [2.05, 4.69) is 29.9 Å². The van der Waals surface area contributed by atoms with Gasteiger partial charge >= 0.3 is 7.12 Å². The van der Waals surface area contributed by atoms with Crippen LogP contribution in [0.25, 0.3) is 56.9 Å². The zero-order valence-corrected chi connectivity index (χ0v) is 30.4. The molecule has 0 aliphatic carbocycles. The van der Waals surface area contributed by atoms with E-state index in [4.69, 9.17) is 21.6 Å². The summed E-state index contributed by atoms with van der Waals surface area (Å²) in [5.41, 5.74) is 2.31. The second-order valence-electron chi connectivity index (χ2n) is 11.9. The van der Waals surface area contributed by atoms with Gasteiger partial charge in [0.1, 0.15) is 0 Å². The fraction of sp³-hybridized carbons (Fsp3) is 0. The first-order chi connectivity index (χ1) is 28.0. The number of halogens is 7. The van der Waals surface area contributed by atoms with E-state index in [0.29, 0.717) is 40.5 Å². The molecular formula is C42H26BClF6N6O2. The number of hydrogen-bond donors (Lipinski definition) is 2. The molecule has 0 unspecified atom stereocenters. The minimum atomic E-state index is -2.14. The maximum Gasteiger partial charge on any atom is 0.491 e. The van der Waals surface area contributed by atoms with E-state index in [0.717, 1.165) is 29.3 Å². The Kier molecular flexibility index (Phi) is 13.3. The fourth-order valence-corrected chi connectivity index (χ4v) is 5.31. The average Bonchev–Trinajstić information content (AvgIpc) is 3.26. The highest BCUT2D eigenvalue weighted by Crippen LogP contribution is 2.28. The Morgan fingerprint density at radius 1 is 0.362 bits per heavy atom. The van der Waals surface area contributed by atoms with Crippen molar-refractivity contribution in [1.82, 2.24) is 29.9 Å². The van der Waals surface area contributed by atoms with Gasteiger partial charge in [0.05, 0.1) is 5.56 Å². The van der Waals surface area contributed by atoms with E-state index < -0.39 is 47.5 Å². The van der Waals surface area contributed by atoms with Crippen LogP contribution in [0.15, 0.2) is 146 Å². The lowest BCUT2D eigenvalue weighted by atomic mass is 9.80. The fourth-order valence-electron chi connectivity index (χ4n) is 5.15. The molecule has 8 aromatic rings. The molecule has 16 heteroatoms. The van der Waals surface area contributed by atoms with Gasteiger partial charge in [0.25, 0.3) is 0 Å². The summed E-state index contributed by atoms with van der Waals surface area (Å²) in [7, 11) is -2.14. The molecule has 2 N–H and O–H groups in total. The van der Waals surface area contributed by atoms with Crippen molar-refractivity contribution in [2.24, 2.45) is 0 Å². The molecule has 0 bridgehead atoms. The van der Waals surface area contributed by atoms with E-state index in [-0.39, 0.29) is 16.7 Å². The van der Waals surface area contributed by atoms with Crippen LogP contribution in [0.4, 0.5) is 26.3 Å². The number of aromatic nitrogens is 6. The van der Waals surface area contributed by atoms with Crippen molar-refractivity contribution in [3.8, 4) is 56.9 Å². The summed E-state index contributed by atoms with van der Waals surface area (Å²) in [6, 6.07) is 41.0. The van der Waals surface area contributed by atoms with Crippen LogP contribution in [0.1, 0.15) is 0 Å². The Morgan fingerprint density at radius 2 is 0.690 bits per heavy atom. The number of nitrogens with zero attached hydrogens (tertiary/aromatic N) is 6. The molecule has 0 saturated carbocycles. The zero-order valence-electron chi connectivity index (χ0n) is 29.7. The van der Waals surface area contributed by atoms with Crippen LogP contribution in [-0.4, -0.2) is 47.1 Å². The largest absolute Gasteiger partial charge is 0.491 e. The summed E-state index contributed by atoms with van der Waals surface area (Å²) in [5, 5.41) is 17.1. The van der Waals surface area contributed by atoms with Gasteiger partial charge < -0.3 is 10.0 Å². The van der Waals surface area contributed by atoms with Gasteiger partial charge in [-0.05, 0) is 29.8 Å². The van der Waals surface area contributed by atoms with Gasteiger partial charge in [0.15, 0.2) is 64.0 Å². The zero-order chi connectivity index (χ0) is 41.2. The highest BCUT2D eigenvalue weighted by molar-refractivity contribution is 6.58. The summed E-state index contributed by atoms with van der Waals surface area (Å²) in [6.07, 6.45) is 0. The minimum Gasteiger partial charge on any atom is -0.423 e. The van der Waals surface area contributed by atoms with Crippen molar-refractivity contribution in [2.45, 2.75) is 0 Å². The van der Waals surface area contributed by atoms with E-state index in [1.165, 1.54) is 0 Å². The first kappa shape index (κ1) is 40.8. The number of benzene rings is 6. The van der Waals surface area contributed by atoms with E-state index in [1.54, 1.807) is 24.3 Å². The Bertz CT molecular complexity index is 2520. The molecule has 0 atom stereocenters. The summed E-state index contributed by atoms with van der Waals surface area (Å²) < 4.78 is 78.5.